The van der Waals surface area contributed by atoms with Crippen molar-refractivity contribution in [1.29, 1.82) is 0 Å². The van der Waals surface area contributed by atoms with Crippen molar-refractivity contribution in [2.45, 2.75) is 38.3 Å². The molecule has 0 aliphatic heterocycles. The Morgan fingerprint density at radius 3 is 3.04 bits per heavy atom. The van der Waals surface area contributed by atoms with Gasteiger partial charge in [-0.05, 0) is 38.0 Å². The minimum atomic E-state index is -0.802. The topological polar surface area (TPSA) is 77.2 Å². The molecule has 0 radical (unpaired) electrons. The van der Waals surface area contributed by atoms with Crippen LogP contribution in [0, 0.1) is 5.82 Å². The number of aromatic nitrogens is 2. The summed E-state index contributed by atoms with van der Waals surface area (Å²) in [7, 11) is 0. The molecule has 0 bridgehead atoms. The van der Waals surface area contributed by atoms with Crippen molar-refractivity contribution in [2.75, 3.05) is 0 Å². The number of benzene rings is 1. The number of nitrogens with zero attached hydrogens (tertiary/aromatic N) is 2. The van der Waals surface area contributed by atoms with Crippen molar-refractivity contribution in [3.05, 3.63) is 40.8 Å². The molecule has 6 nitrogen and oxygen atoms in total. The fourth-order valence-electron chi connectivity index (χ4n) is 1.97. The van der Waals surface area contributed by atoms with E-state index in [1.54, 1.807) is 6.92 Å². The monoisotopic (exact) mass is 339 g/mol. The zero-order valence-electron chi connectivity index (χ0n) is 12.4. The van der Waals surface area contributed by atoms with Gasteiger partial charge in [0.1, 0.15) is 11.6 Å². The summed E-state index contributed by atoms with van der Waals surface area (Å²) in [6, 6.07) is 3.71. The van der Waals surface area contributed by atoms with Crippen molar-refractivity contribution in [3.8, 4) is 5.75 Å². The first kappa shape index (κ1) is 15.7. The zero-order valence-corrected chi connectivity index (χ0v) is 13.1. The molecule has 1 aliphatic carbocycles. The SMILES string of the molecule is C[C@@H](Oc1ccc(F)cc1Cl)C(=O)NCc1nc(C2CC2)no1. The van der Waals surface area contributed by atoms with E-state index in [1.807, 2.05) is 0 Å². The van der Waals surface area contributed by atoms with E-state index in [0.29, 0.717) is 17.6 Å². The average Bonchev–Trinajstić information content (AvgIpc) is 3.26. The lowest BCUT2D eigenvalue weighted by Gasteiger charge is -2.15. The van der Waals surface area contributed by atoms with Crippen LogP contribution < -0.4 is 10.1 Å². The Morgan fingerprint density at radius 2 is 2.35 bits per heavy atom. The minimum Gasteiger partial charge on any atom is -0.479 e. The number of ether oxygens (including phenoxy) is 1. The van der Waals surface area contributed by atoms with Gasteiger partial charge in [-0.25, -0.2) is 4.39 Å². The summed E-state index contributed by atoms with van der Waals surface area (Å²) in [5.41, 5.74) is 0. The van der Waals surface area contributed by atoms with Gasteiger partial charge in [0.2, 0.25) is 5.89 Å². The summed E-state index contributed by atoms with van der Waals surface area (Å²) >= 11 is 5.86. The Labute approximate surface area is 137 Å². The van der Waals surface area contributed by atoms with E-state index in [-0.39, 0.29) is 23.2 Å². The number of halogens is 2. The summed E-state index contributed by atoms with van der Waals surface area (Å²) in [5.74, 6) is 0.846. The highest BCUT2D eigenvalue weighted by Gasteiger charge is 2.28. The highest BCUT2D eigenvalue weighted by molar-refractivity contribution is 6.32. The maximum Gasteiger partial charge on any atom is 0.261 e. The van der Waals surface area contributed by atoms with E-state index in [1.165, 1.54) is 12.1 Å². The van der Waals surface area contributed by atoms with Crippen LogP contribution in [-0.2, 0) is 11.3 Å². The van der Waals surface area contributed by atoms with E-state index in [9.17, 15) is 9.18 Å². The van der Waals surface area contributed by atoms with Crippen LogP contribution in [0.25, 0.3) is 0 Å². The molecule has 1 saturated carbocycles. The molecule has 8 heteroatoms. The van der Waals surface area contributed by atoms with Gasteiger partial charge in [-0.1, -0.05) is 16.8 Å². The predicted octanol–water partition coefficient (Wildman–Crippen LogP) is 2.82. The van der Waals surface area contributed by atoms with Gasteiger partial charge in [-0.3, -0.25) is 4.79 Å². The van der Waals surface area contributed by atoms with Gasteiger partial charge < -0.3 is 14.6 Å². The van der Waals surface area contributed by atoms with E-state index >= 15 is 0 Å². The highest BCUT2D eigenvalue weighted by Crippen LogP contribution is 2.38. The highest BCUT2D eigenvalue weighted by atomic mass is 35.5. The lowest BCUT2D eigenvalue weighted by Crippen LogP contribution is -2.36. The van der Waals surface area contributed by atoms with E-state index in [4.69, 9.17) is 20.9 Å². The van der Waals surface area contributed by atoms with Crippen LogP contribution in [0.1, 0.15) is 37.4 Å². The van der Waals surface area contributed by atoms with E-state index in [2.05, 4.69) is 15.5 Å². The standard InChI is InChI=1S/C15H15ClFN3O3/c1-8(22-12-5-4-10(17)6-11(12)16)15(21)18-7-13-19-14(20-23-13)9-2-3-9/h4-6,8-9H,2-3,7H2,1H3,(H,18,21)/t8-/m1/s1. The number of nitrogens with one attached hydrogen (secondary N) is 1. The van der Waals surface area contributed by atoms with Crippen molar-refractivity contribution in [1.82, 2.24) is 15.5 Å². The van der Waals surface area contributed by atoms with Gasteiger partial charge in [0.25, 0.3) is 5.91 Å². The summed E-state index contributed by atoms with van der Waals surface area (Å²) in [4.78, 5) is 16.2. The second-order valence-corrected chi connectivity index (χ2v) is 5.78. The molecule has 1 N–H and O–H groups in total. The van der Waals surface area contributed by atoms with Crippen molar-refractivity contribution >= 4 is 17.5 Å². The summed E-state index contributed by atoms with van der Waals surface area (Å²) in [6.45, 7) is 1.70. The Kier molecular flexibility index (Phi) is 4.47. The molecule has 1 aliphatic rings. The molecule has 1 aromatic carbocycles. The van der Waals surface area contributed by atoms with Gasteiger partial charge >= 0.3 is 0 Å². The molecule has 0 spiro atoms. The van der Waals surface area contributed by atoms with Gasteiger partial charge in [-0.15, -0.1) is 0 Å². The minimum absolute atomic E-state index is 0.107. The van der Waals surface area contributed by atoms with Gasteiger partial charge in [-0.2, -0.15) is 4.98 Å². The third-order valence-corrected chi connectivity index (χ3v) is 3.70. The van der Waals surface area contributed by atoms with Crippen LogP contribution in [0.4, 0.5) is 4.39 Å². The fourth-order valence-corrected chi connectivity index (χ4v) is 2.18. The predicted molar refractivity (Wildman–Crippen MR) is 79.6 cm³/mol. The lowest BCUT2D eigenvalue weighted by atomic mass is 10.3. The Hall–Kier alpha value is -2.15. The Bertz CT molecular complexity index is 718. The first-order valence-electron chi connectivity index (χ1n) is 7.25. The van der Waals surface area contributed by atoms with Crippen LogP contribution in [0.5, 0.6) is 5.75 Å². The van der Waals surface area contributed by atoms with E-state index < -0.39 is 11.9 Å². The number of carbonyl (C=O) groups excluding carboxylic acids is 1. The average molecular weight is 340 g/mol. The van der Waals surface area contributed by atoms with Crippen molar-refractivity contribution < 1.29 is 18.4 Å². The summed E-state index contributed by atoms with van der Waals surface area (Å²) in [5, 5.41) is 6.62. The fraction of sp³-hybridized carbons (Fsp3) is 0.400. The van der Waals surface area contributed by atoms with Crippen LogP contribution in [0.3, 0.4) is 0 Å². The van der Waals surface area contributed by atoms with Crippen LogP contribution in [0.2, 0.25) is 5.02 Å². The molecular formula is C15H15ClFN3O3. The van der Waals surface area contributed by atoms with Crippen molar-refractivity contribution in [3.63, 3.8) is 0 Å². The lowest BCUT2D eigenvalue weighted by molar-refractivity contribution is -0.127. The quantitative estimate of drug-likeness (QED) is 0.875. The molecular weight excluding hydrogens is 325 g/mol. The molecule has 1 aromatic heterocycles. The maximum atomic E-state index is 13.0. The first-order chi connectivity index (χ1) is 11.0. The van der Waals surface area contributed by atoms with Crippen molar-refractivity contribution in [2.24, 2.45) is 0 Å². The third kappa shape index (κ3) is 3.98. The Morgan fingerprint density at radius 1 is 1.57 bits per heavy atom. The molecule has 0 unspecified atom stereocenters. The molecule has 1 heterocycles. The summed E-state index contributed by atoms with van der Waals surface area (Å²) < 4.78 is 23.5. The second kappa shape index (κ2) is 6.54. The van der Waals surface area contributed by atoms with Gasteiger partial charge in [0.15, 0.2) is 11.9 Å². The molecule has 122 valence electrons. The Balaban J connectivity index is 1.52. The second-order valence-electron chi connectivity index (χ2n) is 5.37. The molecule has 0 saturated heterocycles. The number of rotatable bonds is 6. The molecule has 3 rings (SSSR count). The first-order valence-corrected chi connectivity index (χ1v) is 7.62. The molecule has 1 atom stereocenters. The van der Waals surface area contributed by atoms with Crippen LogP contribution in [-0.4, -0.2) is 22.2 Å². The number of carbonyl (C=O) groups is 1. The molecule has 2 aromatic rings. The molecule has 1 amide bonds. The number of amides is 1. The molecule has 1 fully saturated rings. The number of hydrogen-bond acceptors (Lipinski definition) is 5. The van der Waals surface area contributed by atoms with Gasteiger partial charge in [0.05, 0.1) is 11.6 Å². The zero-order chi connectivity index (χ0) is 16.4. The largest absolute Gasteiger partial charge is 0.479 e. The van der Waals surface area contributed by atoms with Crippen LogP contribution in [0.15, 0.2) is 22.7 Å². The third-order valence-electron chi connectivity index (χ3n) is 3.41. The van der Waals surface area contributed by atoms with E-state index in [0.717, 1.165) is 18.9 Å². The summed E-state index contributed by atoms with van der Waals surface area (Å²) in [6.07, 6.45) is 1.35. The van der Waals surface area contributed by atoms with Gasteiger partial charge in [0, 0.05) is 5.92 Å². The maximum absolute atomic E-state index is 13.0. The normalized spacial score (nSPS) is 15.3. The number of hydrogen-bond donors (Lipinski definition) is 1. The van der Waals surface area contributed by atoms with Crippen LogP contribution >= 0.6 is 11.6 Å². The smallest absolute Gasteiger partial charge is 0.261 e. The molecule has 23 heavy (non-hydrogen) atoms.